The molecule has 0 bridgehead atoms. The Balaban J connectivity index is 2.18. The summed E-state index contributed by atoms with van der Waals surface area (Å²) in [6, 6.07) is -0.462. The molecule has 1 heterocycles. The Hall–Kier alpha value is -1.73. The van der Waals surface area contributed by atoms with Gasteiger partial charge in [-0.15, -0.1) is 0 Å². The SMILES string of the molecule is CCCCC/C=C\C/C=C\CCCCCCCCOC[C@@H]1CN(C(=O)[C@@H](N)CCCN)C[C@H]1COCCCCCCCC/C=C\C/C=C\CCCCC. The molecular weight excluding hydrogens is 655 g/mol. The minimum absolute atomic E-state index is 0.0567. The lowest BCUT2D eigenvalue weighted by Crippen LogP contribution is -2.43. The van der Waals surface area contributed by atoms with Crippen molar-refractivity contribution in [1.82, 2.24) is 4.90 Å². The van der Waals surface area contributed by atoms with Crippen molar-refractivity contribution < 1.29 is 14.3 Å². The Kier molecular flexibility index (Phi) is 35.8. The maximum absolute atomic E-state index is 13.1. The second-order valence-corrected chi connectivity index (χ2v) is 15.6. The number of nitrogens with zero attached hydrogens (tertiary/aromatic N) is 1. The highest BCUT2D eigenvalue weighted by Crippen LogP contribution is 2.26. The first kappa shape index (κ1) is 49.3. The van der Waals surface area contributed by atoms with Crippen molar-refractivity contribution in [2.75, 3.05) is 46.1 Å². The first-order valence-electron chi connectivity index (χ1n) is 22.6. The van der Waals surface area contributed by atoms with Gasteiger partial charge in [0, 0.05) is 38.1 Å². The maximum Gasteiger partial charge on any atom is 0.239 e. The first-order valence-corrected chi connectivity index (χ1v) is 22.6. The van der Waals surface area contributed by atoms with Crippen LogP contribution in [0.15, 0.2) is 48.6 Å². The third-order valence-electron chi connectivity index (χ3n) is 10.6. The van der Waals surface area contributed by atoms with Crippen molar-refractivity contribution in [3.05, 3.63) is 48.6 Å². The van der Waals surface area contributed by atoms with E-state index in [1.165, 1.54) is 128 Å². The summed E-state index contributed by atoms with van der Waals surface area (Å²) < 4.78 is 12.4. The number of hydrogen-bond donors (Lipinski definition) is 2. The van der Waals surface area contributed by atoms with Crippen LogP contribution < -0.4 is 11.5 Å². The lowest BCUT2D eigenvalue weighted by atomic mass is 9.98. The molecule has 1 aliphatic heterocycles. The van der Waals surface area contributed by atoms with E-state index in [4.69, 9.17) is 20.9 Å². The second kappa shape index (κ2) is 38.5. The molecule has 0 spiro atoms. The molecule has 308 valence electrons. The van der Waals surface area contributed by atoms with Crippen molar-refractivity contribution in [3.63, 3.8) is 0 Å². The lowest BCUT2D eigenvalue weighted by molar-refractivity contribution is -0.132. The monoisotopic (exact) mass is 742 g/mol. The van der Waals surface area contributed by atoms with Crippen molar-refractivity contribution in [3.8, 4) is 0 Å². The lowest BCUT2D eigenvalue weighted by Gasteiger charge is -2.21. The van der Waals surface area contributed by atoms with Crippen LogP contribution in [0.5, 0.6) is 0 Å². The fourth-order valence-corrected chi connectivity index (χ4v) is 7.05. The first-order chi connectivity index (χ1) is 26.1. The van der Waals surface area contributed by atoms with E-state index in [9.17, 15) is 4.79 Å². The van der Waals surface area contributed by atoms with Gasteiger partial charge in [-0.25, -0.2) is 0 Å². The molecule has 6 nitrogen and oxygen atoms in total. The Bertz CT molecular complexity index is 857. The molecule has 6 heteroatoms. The number of amides is 1. The molecule has 3 atom stereocenters. The largest absolute Gasteiger partial charge is 0.381 e. The van der Waals surface area contributed by atoms with Gasteiger partial charge in [0.05, 0.1) is 19.3 Å². The van der Waals surface area contributed by atoms with E-state index < -0.39 is 6.04 Å². The Labute approximate surface area is 329 Å². The predicted molar refractivity (Wildman–Crippen MR) is 230 cm³/mol. The Morgan fingerprint density at radius 3 is 1.34 bits per heavy atom. The predicted octanol–water partition coefficient (Wildman–Crippen LogP) is 11.8. The van der Waals surface area contributed by atoms with E-state index in [0.717, 1.165) is 58.4 Å². The second-order valence-electron chi connectivity index (χ2n) is 15.6. The Morgan fingerprint density at radius 2 is 0.943 bits per heavy atom. The summed E-state index contributed by atoms with van der Waals surface area (Å²) in [5, 5.41) is 0. The number of unbranched alkanes of at least 4 members (excludes halogenated alkanes) is 18. The highest BCUT2D eigenvalue weighted by molar-refractivity contribution is 5.81. The van der Waals surface area contributed by atoms with Crippen LogP contribution in [0.3, 0.4) is 0 Å². The molecular formula is C47H87N3O3. The summed E-state index contributed by atoms with van der Waals surface area (Å²) in [5.74, 6) is 0.670. The van der Waals surface area contributed by atoms with Gasteiger partial charge in [-0.2, -0.15) is 0 Å². The molecule has 0 radical (unpaired) electrons. The van der Waals surface area contributed by atoms with Gasteiger partial charge in [0.15, 0.2) is 0 Å². The fourth-order valence-electron chi connectivity index (χ4n) is 7.05. The van der Waals surface area contributed by atoms with Gasteiger partial charge in [-0.05, 0) is 96.4 Å². The number of rotatable bonds is 38. The molecule has 0 saturated carbocycles. The molecule has 53 heavy (non-hydrogen) atoms. The van der Waals surface area contributed by atoms with Gasteiger partial charge < -0.3 is 25.8 Å². The van der Waals surface area contributed by atoms with Gasteiger partial charge in [-0.3, -0.25) is 4.79 Å². The molecule has 0 aromatic rings. The summed E-state index contributed by atoms with van der Waals surface area (Å²) in [7, 11) is 0. The number of carbonyl (C=O) groups excluding carboxylic acids is 1. The fraction of sp³-hybridized carbons (Fsp3) is 0.809. The van der Waals surface area contributed by atoms with Gasteiger partial charge >= 0.3 is 0 Å². The van der Waals surface area contributed by atoms with Gasteiger partial charge in [0.1, 0.15) is 0 Å². The van der Waals surface area contributed by atoms with E-state index in [1.807, 2.05) is 4.90 Å². The van der Waals surface area contributed by atoms with Crippen LogP contribution in [0.4, 0.5) is 0 Å². The van der Waals surface area contributed by atoms with E-state index in [2.05, 4.69) is 62.5 Å². The highest BCUT2D eigenvalue weighted by atomic mass is 16.5. The molecule has 4 N–H and O–H groups in total. The third kappa shape index (κ3) is 30.2. The third-order valence-corrected chi connectivity index (χ3v) is 10.6. The smallest absolute Gasteiger partial charge is 0.239 e. The van der Waals surface area contributed by atoms with Crippen LogP contribution in [0, 0.1) is 11.8 Å². The molecule has 1 aliphatic rings. The number of hydrogen-bond acceptors (Lipinski definition) is 5. The normalized spacial score (nSPS) is 17.2. The van der Waals surface area contributed by atoms with E-state index in [0.29, 0.717) is 38.0 Å². The van der Waals surface area contributed by atoms with Crippen molar-refractivity contribution >= 4 is 5.91 Å². The average Bonchev–Trinajstić information content (AvgIpc) is 3.58. The van der Waals surface area contributed by atoms with Gasteiger partial charge in [-0.1, -0.05) is 140 Å². The molecule has 1 amide bonds. The average molecular weight is 742 g/mol. The summed E-state index contributed by atoms with van der Waals surface area (Å²) >= 11 is 0. The van der Waals surface area contributed by atoms with E-state index in [-0.39, 0.29) is 5.91 Å². The van der Waals surface area contributed by atoms with Crippen LogP contribution in [-0.4, -0.2) is 62.9 Å². The van der Waals surface area contributed by atoms with Crippen LogP contribution in [-0.2, 0) is 14.3 Å². The maximum atomic E-state index is 13.1. The molecule has 1 rings (SSSR count). The van der Waals surface area contributed by atoms with Gasteiger partial charge in [0.2, 0.25) is 5.91 Å². The summed E-state index contributed by atoms with van der Waals surface area (Å²) in [5.41, 5.74) is 11.9. The number of nitrogens with two attached hydrogens (primary N) is 2. The van der Waals surface area contributed by atoms with Crippen LogP contribution in [0.1, 0.15) is 181 Å². The number of likely N-dealkylation sites (tertiary alicyclic amines) is 1. The zero-order valence-corrected chi connectivity index (χ0v) is 35.0. The van der Waals surface area contributed by atoms with Crippen LogP contribution in [0.2, 0.25) is 0 Å². The topological polar surface area (TPSA) is 90.8 Å². The molecule has 0 unspecified atom stereocenters. The number of carbonyl (C=O) groups is 1. The quantitative estimate of drug-likeness (QED) is 0.0486. The summed E-state index contributed by atoms with van der Waals surface area (Å²) in [4.78, 5) is 15.1. The van der Waals surface area contributed by atoms with Crippen molar-refractivity contribution in [2.24, 2.45) is 23.3 Å². The van der Waals surface area contributed by atoms with Crippen LogP contribution in [0.25, 0.3) is 0 Å². The minimum Gasteiger partial charge on any atom is -0.381 e. The van der Waals surface area contributed by atoms with Crippen molar-refractivity contribution in [2.45, 2.75) is 187 Å². The van der Waals surface area contributed by atoms with Crippen LogP contribution >= 0.6 is 0 Å². The molecule has 0 aromatic heterocycles. The highest BCUT2D eigenvalue weighted by Gasteiger charge is 2.36. The number of ether oxygens (including phenoxy) is 2. The van der Waals surface area contributed by atoms with E-state index >= 15 is 0 Å². The zero-order valence-electron chi connectivity index (χ0n) is 35.0. The summed E-state index contributed by atoms with van der Waals surface area (Å²) in [6.07, 6.45) is 50.1. The standard InChI is InChI=1S/C47H87N3O3/c1-3-5-7-9-11-13-15-17-19-21-23-25-27-29-31-33-38-52-42-44-40-50(47(51)46(49)36-35-37-48)41-45(44)43-53-39-34-32-30-28-26-24-22-20-18-16-14-12-10-8-6-4-2/h11-14,17-20,44-46H,3-10,15-16,21-43,48-49H2,1-2H3/b13-11-,14-12-,19-17-,20-18-/t44-,45-,46-/m0/s1. The minimum atomic E-state index is -0.462. The van der Waals surface area contributed by atoms with E-state index in [1.54, 1.807) is 0 Å². The molecule has 0 aliphatic carbocycles. The Morgan fingerprint density at radius 1 is 0.566 bits per heavy atom. The van der Waals surface area contributed by atoms with Crippen molar-refractivity contribution in [1.29, 1.82) is 0 Å². The van der Waals surface area contributed by atoms with Gasteiger partial charge in [0.25, 0.3) is 0 Å². The molecule has 0 aromatic carbocycles. The molecule has 1 fully saturated rings. The molecule has 1 saturated heterocycles. The summed E-state index contributed by atoms with van der Waals surface area (Å²) in [6.45, 7) is 9.52. The zero-order chi connectivity index (χ0) is 38.3. The number of allylic oxidation sites excluding steroid dienone is 8.